The van der Waals surface area contributed by atoms with E-state index in [0.717, 1.165) is 35.3 Å². The fourth-order valence-electron chi connectivity index (χ4n) is 3.14. The maximum Gasteiger partial charge on any atom is 0.265 e. The standard InChI is InChI=1S/C19H21N7OS/c1-13-18(28-12-21-13)19(27)26-9-7-25(8-10-26)17-11-16(22-14(2)23-17)24-15-5-3-4-6-20-15/h3-6,11-12H,7-10H2,1-2H3,(H,20,22,23,24). The molecule has 1 aliphatic heterocycles. The van der Waals surface area contributed by atoms with Crippen LogP contribution in [-0.2, 0) is 0 Å². The van der Waals surface area contributed by atoms with Crippen LogP contribution >= 0.6 is 11.3 Å². The van der Waals surface area contributed by atoms with Crippen LogP contribution in [0.5, 0.6) is 0 Å². The maximum atomic E-state index is 12.7. The van der Waals surface area contributed by atoms with Crippen molar-refractivity contribution >= 4 is 34.7 Å². The molecule has 144 valence electrons. The van der Waals surface area contributed by atoms with Crippen LogP contribution in [0.4, 0.5) is 17.5 Å². The molecule has 0 atom stereocenters. The van der Waals surface area contributed by atoms with Crippen molar-refractivity contribution in [2.45, 2.75) is 13.8 Å². The highest BCUT2D eigenvalue weighted by Gasteiger charge is 2.25. The summed E-state index contributed by atoms with van der Waals surface area (Å²) in [6.45, 7) is 6.51. The van der Waals surface area contributed by atoms with E-state index < -0.39 is 0 Å². The molecule has 0 spiro atoms. The average Bonchev–Trinajstić information content (AvgIpc) is 3.14. The zero-order valence-corrected chi connectivity index (χ0v) is 16.6. The summed E-state index contributed by atoms with van der Waals surface area (Å²) in [5, 5.41) is 3.22. The number of thiazole rings is 1. The first-order valence-corrected chi connectivity index (χ1v) is 9.96. The van der Waals surface area contributed by atoms with E-state index >= 15 is 0 Å². The molecule has 0 saturated carbocycles. The molecular formula is C19H21N7OS. The van der Waals surface area contributed by atoms with Gasteiger partial charge in [-0.3, -0.25) is 4.79 Å². The van der Waals surface area contributed by atoms with Gasteiger partial charge < -0.3 is 15.1 Å². The largest absolute Gasteiger partial charge is 0.353 e. The highest BCUT2D eigenvalue weighted by molar-refractivity contribution is 7.11. The first-order chi connectivity index (χ1) is 13.6. The number of amides is 1. The molecule has 1 N–H and O–H groups in total. The number of carbonyl (C=O) groups is 1. The van der Waals surface area contributed by atoms with Crippen molar-refractivity contribution in [3.05, 3.63) is 52.4 Å². The highest BCUT2D eigenvalue weighted by Crippen LogP contribution is 2.21. The van der Waals surface area contributed by atoms with Crippen LogP contribution in [0.2, 0.25) is 0 Å². The number of aromatic nitrogens is 4. The lowest BCUT2D eigenvalue weighted by atomic mass is 10.2. The molecule has 3 aromatic rings. The Balaban J connectivity index is 1.44. The molecule has 1 fully saturated rings. The average molecular weight is 395 g/mol. The molecule has 0 bridgehead atoms. The Kier molecular flexibility index (Phi) is 5.16. The molecule has 1 aliphatic rings. The van der Waals surface area contributed by atoms with Gasteiger partial charge in [0.2, 0.25) is 0 Å². The van der Waals surface area contributed by atoms with Gasteiger partial charge in [0.1, 0.15) is 28.2 Å². The summed E-state index contributed by atoms with van der Waals surface area (Å²) in [6.07, 6.45) is 1.73. The Morgan fingerprint density at radius 2 is 1.89 bits per heavy atom. The molecule has 0 unspecified atom stereocenters. The van der Waals surface area contributed by atoms with E-state index in [1.54, 1.807) is 11.7 Å². The van der Waals surface area contributed by atoms with E-state index in [4.69, 9.17) is 0 Å². The van der Waals surface area contributed by atoms with Crippen molar-refractivity contribution < 1.29 is 4.79 Å². The quantitative estimate of drug-likeness (QED) is 0.727. The third-order valence-corrected chi connectivity index (χ3v) is 5.49. The fourth-order valence-corrected chi connectivity index (χ4v) is 3.90. The zero-order chi connectivity index (χ0) is 19.5. The molecule has 4 rings (SSSR count). The first-order valence-electron chi connectivity index (χ1n) is 9.08. The number of hydrogen-bond acceptors (Lipinski definition) is 8. The van der Waals surface area contributed by atoms with Gasteiger partial charge in [0, 0.05) is 38.4 Å². The minimum Gasteiger partial charge on any atom is -0.353 e. The molecule has 0 aromatic carbocycles. The number of piperazine rings is 1. The Morgan fingerprint density at radius 3 is 2.57 bits per heavy atom. The highest BCUT2D eigenvalue weighted by atomic mass is 32.1. The van der Waals surface area contributed by atoms with Crippen molar-refractivity contribution in [2.75, 3.05) is 36.4 Å². The van der Waals surface area contributed by atoms with Crippen LogP contribution in [0, 0.1) is 13.8 Å². The smallest absolute Gasteiger partial charge is 0.265 e. The van der Waals surface area contributed by atoms with Gasteiger partial charge in [0.05, 0.1) is 11.2 Å². The van der Waals surface area contributed by atoms with E-state index in [1.165, 1.54) is 11.3 Å². The van der Waals surface area contributed by atoms with Crippen LogP contribution in [0.15, 0.2) is 36.0 Å². The molecule has 4 heterocycles. The lowest BCUT2D eigenvalue weighted by Crippen LogP contribution is -2.49. The molecule has 1 saturated heterocycles. The van der Waals surface area contributed by atoms with E-state index in [-0.39, 0.29) is 5.91 Å². The van der Waals surface area contributed by atoms with Crippen molar-refractivity contribution in [3.8, 4) is 0 Å². The third kappa shape index (κ3) is 3.94. The Labute approximate surface area is 167 Å². The molecule has 0 aliphatic carbocycles. The van der Waals surface area contributed by atoms with Gasteiger partial charge in [-0.1, -0.05) is 6.07 Å². The van der Waals surface area contributed by atoms with Gasteiger partial charge in [0.25, 0.3) is 5.91 Å². The summed E-state index contributed by atoms with van der Waals surface area (Å²) in [4.78, 5) is 35.0. The van der Waals surface area contributed by atoms with Gasteiger partial charge in [-0.05, 0) is 26.0 Å². The van der Waals surface area contributed by atoms with Crippen LogP contribution < -0.4 is 10.2 Å². The third-order valence-electron chi connectivity index (χ3n) is 4.58. The van der Waals surface area contributed by atoms with Crippen LogP contribution in [0.1, 0.15) is 21.2 Å². The van der Waals surface area contributed by atoms with Gasteiger partial charge in [-0.15, -0.1) is 11.3 Å². The number of nitrogens with one attached hydrogen (secondary N) is 1. The normalized spacial score (nSPS) is 14.2. The Hall–Kier alpha value is -3.07. The minimum absolute atomic E-state index is 0.0658. The zero-order valence-electron chi connectivity index (χ0n) is 15.8. The van der Waals surface area contributed by atoms with Crippen LogP contribution in [0.25, 0.3) is 0 Å². The summed E-state index contributed by atoms with van der Waals surface area (Å²) >= 11 is 1.40. The predicted molar refractivity (Wildman–Crippen MR) is 109 cm³/mol. The summed E-state index contributed by atoms with van der Waals surface area (Å²) in [7, 11) is 0. The molecule has 0 radical (unpaired) electrons. The van der Waals surface area contributed by atoms with Crippen LogP contribution in [-0.4, -0.2) is 56.9 Å². The van der Waals surface area contributed by atoms with Crippen molar-refractivity contribution in [2.24, 2.45) is 0 Å². The van der Waals surface area contributed by atoms with E-state index in [1.807, 2.05) is 43.0 Å². The number of anilines is 3. The summed E-state index contributed by atoms with van der Waals surface area (Å²) in [6, 6.07) is 7.61. The van der Waals surface area contributed by atoms with Gasteiger partial charge in [-0.25, -0.2) is 19.9 Å². The number of pyridine rings is 1. The SMILES string of the molecule is Cc1nc(Nc2ccccn2)cc(N2CCN(C(=O)c3scnc3C)CC2)n1. The van der Waals surface area contributed by atoms with Gasteiger partial charge in [0.15, 0.2) is 0 Å². The summed E-state index contributed by atoms with van der Waals surface area (Å²) in [5.41, 5.74) is 2.52. The number of hydrogen-bond donors (Lipinski definition) is 1. The molecule has 9 heteroatoms. The first kappa shape index (κ1) is 18.3. The van der Waals surface area contributed by atoms with E-state index in [9.17, 15) is 4.79 Å². The van der Waals surface area contributed by atoms with E-state index in [0.29, 0.717) is 24.7 Å². The number of aryl methyl sites for hydroxylation is 2. The Morgan fingerprint density at radius 1 is 1.07 bits per heavy atom. The topological polar surface area (TPSA) is 87.1 Å². The molecule has 1 amide bonds. The maximum absolute atomic E-state index is 12.7. The molecule has 3 aromatic heterocycles. The molecular weight excluding hydrogens is 374 g/mol. The second-order valence-electron chi connectivity index (χ2n) is 6.54. The van der Waals surface area contributed by atoms with Crippen LogP contribution in [0.3, 0.4) is 0 Å². The number of nitrogens with zero attached hydrogens (tertiary/aromatic N) is 6. The van der Waals surface area contributed by atoms with E-state index in [2.05, 4.69) is 30.2 Å². The second kappa shape index (κ2) is 7.89. The lowest BCUT2D eigenvalue weighted by molar-refractivity contribution is 0.0750. The minimum atomic E-state index is 0.0658. The van der Waals surface area contributed by atoms with Crippen molar-refractivity contribution in [1.29, 1.82) is 0 Å². The molecule has 28 heavy (non-hydrogen) atoms. The Bertz CT molecular complexity index is 967. The second-order valence-corrected chi connectivity index (χ2v) is 7.40. The summed E-state index contributed by atoms with van der Waals surface area (Å²) < 4.78 is 0. The van der Waals surface area contributed by atoms with Crippen molar-refractivity contribution in [1.82, 2.24) is 24.8 Å². The fraction of sp³-hybridized carbons (Fsp3) is 0.316. The monoisotopic (exact) mass is 395 g/mol. The number of rotatable bonds is 4. The van der Waals surface area contributed by atoms with Crippen molar-refractivity contribution in [3.63, 3.8) is 0 Å². The summed E-state index contributed by atoms with van der Waals surface area (Å²) in [5.74, 6) is 3.06. The van der Waals surface area contributed by atoms with Gasteiger partial charge in [-0.2, -0.15) is 0 Å². The number of carbonyl (C=O) groups excluding carboxylic acids is 1. The lowest BCUT2D eigenvalue weighted by Gasteiger charge is -2.35. The predicted octanol–water partition coefficient (Wildman–Crippen LogP) is 2.65. The molecule has 8 nitrogen and oxygen atoms in total. The van der Waals surface area contributed by atoms with Gasteiger partial charge >= 0.3 is 0 Å².